The standard InChI is InChI=1S/2C8H10.2CH3.H2Si.Zr/c2*1-2-5-8-6-3-4-7-8;;;;/h2*1,3-4,6H,2,5,7H2;2*1H3;1H2;. The minimum absolute atomic E-state index is 1.18. The van der Waals surface area contributed by atoms with Gasteiger partial charge in [0, 0.05) is 0 Å². The van der Waals surface area contributed by atoms with E-state index in [9.17, 15) is 0 Å². The van der Waals surface area contributed by atoms with Crippen molar-refractivity contribution in [2.75, 3.05) is 0 Å². The first-order valence-corrected chi connectivity index (χ1v) is 21.6. The minimum atomic E-state index is -2.54. The molecule has 0 nitrogen and oxygen atoms in total. The van der Waals surface area contributed by atoms with Gasteiger partial charge in [0.05, 0.1) is 0 Å². The molecular weight excluding hydrogens is 336 g/mol. The summed E-state index contributed by atoms with van der Waals surface area (Å²) in [7, 11) is 0. The van der Waals surface area contributed by atoms with E-state index in [1.54, 1.807) is 11.1 Å². The SMILES string of the molecule is [CH3][Zr]([CH3])(=[SiH2])(=[CH]CCC1=CC=CC1)=[CH]CCC1=CC=CC1. The van der Waals surface area contributed by atoms with Crippen molar-refractivity contribution in [3.63, 3.8) is 0 Å². The average molecular weight is 364 g/mol. The molecule has 0 aliphatic heterocycles. The zero-order valence-corrected chi connectivity index (χ0v) is 16.9. The van der Waals surface area contributed by atoms with E-state index in [1.807, 2.05) is 0 Å². The van der Waals surface area contributed by atoms with Crippen LogP contribution >= 0.6 is 0 Å². The predicted octanol–water partition coefficient (Wildman–Crippen LogP) is 4.26. The second-order valence-electron chi connectivity index (χ2n) is 7.34. The Bertz CT molecular complexity index is 653. The Hall–Kier alpha value is -0.200. The van der Waals surface area contributed by atoms with Crippen LogP contribution in [-0.2, 0) is 16.4 Å². The summed E-state index contributed by atoms with van der Waals surface area (Å²) in [5, 5.41) is 0. The zero-order chi connectivity index (χ0) is 14.5. The van der Waals surface area contributed by atoms with E-state index in [-0.39, 0.29) is 0 Å². The van der Waals surface area contributed by atoms with Crippen LogP contribution in [0.2, 0.25) is 9.26 Å². The molecule has 0 saturated heterocycles. The van der Waals surface area contributed by atoms with Crippen LogP contribution in [0.5, 0.6) is 0 Å². The summed E-state index contributed by atoms with van der Waals surface area (Å²) in [6.45, 7) is 2.33. The van der Waals surface area contributed by atoms with E-state index in [2.05, 4.69) is 60.0 Å². The molecule has 2 aliphatic carbocycles. The monoisotopic (exact) mass is 362 g/mol. The number of allylic oxidation sites excluding steroid dienone is 8. The van der Waals surface area contributed by atoms with Gasteiger partial charge in [-0.3, -0.25) is 0 Å². The molecule has 20 heavy (non-hydrogen) atoms. The van der Waals surface area contributed by atoms with Crippen LogP contribution in [0.15, 0.2) is 47.6 Å². The van der Waals surface area contributed by atoms with E-state index in [0.29, 0.717) is 0 Å². The molecule has 0 spiro atoms. The molecule has 0 N–H and O–H groups in total. The Morgan fingerprint density at radius 2 is 1.40 bits per heavy atom. The number of rotatable bonds is 6. The molecular formula is C18H28SiZr. The van der Waals surface area contributed by atoms with Crippen molar-refractivity contribution in [1.29, 1.82) is 0 Å². The average Bonchev–Trinajstić information content (AvgIpc) is 3.00. The summed E-state index contributed by atoms with van der Waals surface area (Å²) < 4.78 is 10.6. The second-order valence-corrected chi connectivity index (χ2v) is 37.0. The molecule has 0 saturated carbocycles. The van der Waals surface area contributed by atoms with Gasteiger partial charge in [0.2, 0.25) is 0 Å². The Morgan fingerprint density at radius 3 is 1.75 bits per heavy atom. The van der Waals surface area contributed by atoms with Crippen LogP contribution < -0.4 is 0 Å². The van der Waals surface area contributed by atoms with E-state index >= 15 is 0 Å². The van der Waals surface area contributed by atoms with E-state index in [0.717, 1.165) is 0 Å². The summed E-state index contributed by atoms with van der Waals surface area (Å²) in [5.41, 5.74) is 3.22. The zero-order valence-electron chi connectivity index (χ0n) is 13.1. The van der Waals surface area contributed by atoms with Crippen molar-refractivity contribution in [1.82, 2.24) is 0 Å². The van der Waals surface area contributed by atoms with Crippen LogP contribution in [0.25, 0.3) is 0 Å². The molecule has 0 unspecified atom stereocenters. The van der Waals surface area contributed by atoms with Crippen molar-refractivity contribution < 1.29 is 16.4 Å². The number of hydrogen-bond acceptors (Lipinski definition) is 0. The molecule has 0 atom stereocenters. The maximum atomic E-state index is 2.72. The third-order valence-electron chi connectivity index (χ3n) is 4.26. The summed E-state index contributed by atoms with van der Waals surface area (Å²) in [4.78, 5) is 0. The van der Waals surface area contributed by atoms with Gasteiger partial charge in [-0.1, -0.05) is 0 Å². The van der Waals surface area contributed by atoms with Gasteiger partial charge < -0.3 is 0 Å². The van der Waals surface area contributed by atoms with E-state index < -0.39 is 16.4 Å². The van der Waals surface area contributed by atoms with Crippen LogP contribution in [0.4, 0.5) is 0 Å². The Labute approximate surface area is 125 Å². The number of hydrogen-bond donors (Lipinski definition) is 0. The molecule has 0 amide bonds. The van der Waals surface area contributed by atoms with Crippen molar-refractivity contribution in [2.45, 2.75) is 47.8 Å². The van der Waals surface area contributed by atoms with Gasteiger partial charge in [-0.2, -0.15) is 0 Å². The third-order valence-corrected chi connectivity index (χ3v) is 15.7. The summed E-state index contributed by atoms with van der Waals surface area (Å²) in [6, 6.07) is 0. The molecule has 0 radical (unpaired) electrons. The first kappa shape index (κ1) is 16.2. The van der Waals surface area contributed by atoms with Crippen LogP contribution in [0.1, 0.15) is 38.5 Å². The van der Waals surface area contributed by atoms with Crippen LogP contribution in [0.3, 0.4) is 0 Å². The maximum absolute atomic E-state index is 2.72. The molecule has 0 fully saturated rings. The third kappa shape index (κ3) is 5.66. The molecule has 108 valence electrons. The summed E-state index contributed by atoms with van der Waals surface area (Å²) in [6.07, 6.45) is 21.0. The van der Waals surface area contributed by atoms with Gasteiger partial charge in [0.25, 0.3) is 0 Å². The normalized spacial score (nSPS) is 16.9. The molecule has 0 aromatic rings. The fraction of sp³-hybridized carbons (Fsp3) is 0.444. The summed E-state index contributed by atoms with van der Waals surface area (Å²) in [5.74, 6) is 0. The molecule has 0 heterocycles. The molecule has 2 rings (SSSR count). The van der Waals surface area contributed by atoms with Crippen molar-refractivity contribution in [3.8, 4) is 0 Å². The second kappa shape index (κ2) is 6.71. The van der Waals surface area contributed by atoms with Gasteiger partial charge >= 0.3 is 126 Å². The van der Waals surface area contributed by atoms with Crippen LogP contribution in [-0.4, -0.2) is 14.3 Å². The first-order chi connectivity index (χ1) is 9.42. The Balaban J connectivity index is 1.91. The van der Waals surface area contributed by atoms with Gasteiger partial charge in [-0.15, -0.1) is 0 Å². The first-order valence-electron chi connectivity index (χ1n) is 7.89. The Morgan fingerprint density at radius 1 is 0.950 bits per heavy atom. The van der Waals surface area contributed by atoms with Gasteiger partial charge in [-0.25, -0.2) is 0 Å². The van der Waals surface area contributed by atoms with Crippen LogP contribution in [0, 0.1) is 0 Å². The molecule has 0 bridgehead atoms. The fourth-order valence-electron chi connectivity index (χ4n) is 2.90. The topological polar surface area (TPSA) is 0 Å². The molecule has 2 heteroatoms. The van der Waals surface area contributed by atoms with Gasteiger partial charge in [0.1, 0.15) is 0 Å². The quantitative estimate of drug-likeness (QED) is 0.619. The van der Waals surface area contributed by atoms with Crippen molar-refractivity contribution in [3.05, 3.63) is 47.6 Å². The summed E-state index contributed by atoms with van der Waals surface area (Å²) >= 11 is -2.54. The predicted molar refractivity (Wildman–Crippen MR) is 94.5 cm³/mol. The van der Waals surface area contributed by atoms with Gasteiger partial charge in [0.15, 0.2) is 0 Å². The fourth-order valence-corrected chi connectivity index (χ4v) is 11.1. The Kier molecular flexibility index (Phi) is 5.42. The van der Waals surface area contributed by atoms with E-state index in [4.69, 9.17) is 0 Å². The van der Waals surface area contributed by atoms with E-state index in [1.165, 1.54) is 38.5 Å². The van der Waals surface area contributed by atoms with Crippen molar-refractivity contribution in [2.24, 2.45) is 0 Å². The molecule has 2 aliphatic rings. The van der Waals surface area contributed by atoms with Gasteiger partial charge in [-0.05, 0) is 0 Å². The molecule has 0 aromatic heterocycles. The molecule has 0 aromatic carbocycles. The van der Waals surface area contributed by atoms with Crippen molar-refractivity contribution >= 4 is 14.3 Å².